The zero-order valence-corrected chi connectivity index (χ0v) is 14.1. The Morgan fingerprint density at radius 2 is 1.88 bits per heavy atom. The van der Waals surface area contributed by atoms with Crippen LogP contribution < -0.4 is 10.9 Å². The van der Waals surface area contributed by atoms with E-state index in [2.05, 4.69) is 20.3 Å². The molecule has 7 nitrogen and oxygen atoms in total. The molecular weight excluding hydrogens is 330 g/mol. The van der Waals surface area contributed by atoms with Gasteiger partial charge >= 0.3 is 0 Å². The monoisotopic (exact) mass is 347 g/mol. The Hall–Kier alpha value is -3.48. The molecule has 2 N–H and O–H groups in total. The van der Waals surface area contributed by atoms with Crippen molar-refractivity contribution in [3.63, 3.8) is 0 Å². The zero-order valence-electron chi connectivity index (χ0n) is 14.1. The summed E-state index contributed by atoms with van der Waals surface area (Å²) in [6, 6.07) is 14.4. The second-order valence-electron chi connectivity index (χ2n) is 6.12. The van der Waals surface area contributed by atoms with Gasteiger partial charge in [0.05, 0.1) is 34.3 Å². The van der Waals surface area contributed by atoms with Crippen LogP contribution in [0.3, 0.4) is 0 Å². The van der Waals surface area contributed by atoms with Crippen LogP contribution in [-0.4, -0.2) is 25.4 Å². The highest BCUT2D eigenvalue weighted by Gasteiger charge is 2.15. The Kier molecular flexibility index (Phi) is 3.96. The van der Waals surface area contributed by atoms with E-state index < -0.39 is 0 Å². The molecule has 0 fully saturated rings. The number of H-pyrrole nitrogens is 1. The quantitative estimate of drug-likeness (QED) is 0.592. The van der Waals surface area contributed by atoms with Gasteiger partial charge in [-0.05, 0) is 31.2 Å². The number of nitrogens with zero attached hydrogens (tertiary/aromatic N) is 3. The number of hydrogen-bond acceptors (Lipinski definition) is 4. The van der Waals surface area contributed by atoms with Crippen molar-refractivity contribution in [2.24, 2.45) is 0 Å². The minimum absolute atomic E-state index is 0.0960. The van der Waals surface area contributed by atoms with Crippen LogP contribution in [-0.2, 0) is 11.3 Å². The smallest absolute Gasteiger partial charge is 0.261 e. The molecule has 7 heteroatoms. The Balaban J connectivity index is 1.51. The topological polar surface area (TPSA) is 92.7 Å². The SMILES string of the molecule is C[C@H](NC(=O)Cn1cnc2ccccc2c1=O)c1nc2ccccc2[nH]1. The minimum atomic E-state index is -0.306. The predicted molar refractivity (Wildman–Crippen MR) is 98.7 cm³/mol. The number of fused-ring (bicyclic) bond motifs is 2. The molecule has 1 atom stereocenters. The van der Waals surface area contributed by atoms with Gasteiger partial charge in [-0.15, -0.1) is 0 Å². The fourth-order valence-electron chi connectivity index (χ4n) is 2.91. The largest absolute Gasteiger partial charge is 0.345 e. The first-order chi connectivity index (χ1) is 12.6. The van der Waals surface area contributed by atoms with E-state index in [1.54, 1.807) is 18.2 Å². The fraction of sp³-hybridized carbons (Fsp3) is 0.158. The number of amides is 1. The molecule has 2 aromatic heterocycles. The third kappa shape index (κ3) is 2.95. The number of aromatic nitrogens is 4. The van der Waals surface area contributed by atoms with Gasteiger partial charge < -0.3 is 10.3 Å². The van der Waals surface area contributed by atoms with E-state index in [0.717, 1.165) is 11.0 Å². The van der Waals surface area contributed by atoms with Gasteiger partial charge in [0, 0.05) is 0 Å². The van der Waals surface area contributed by atoms with Crippen LogP contribution in [0.5, 0.6) is 0 Å². The van der Waals surface area contributed by atoms with Gasteiger partial charge in [0.2, 0.25) is 5.91 Å². The number of rotatable bonds is 4. The third-order valence-corrected chi connectivity index (χ3v) is 4.24. The molecule has 0 radical (unpaired) electrons. The number of nitrogens with one attached hydrogen (secondary N) is 2. The van der Waals surface area contributed by atoms with E-state index in [4.69, 9.17) is 0 Å². The van der Waals surface area contributed by atoms with Crippen molar-refractivity contribution in [3.05, 3.63) is 71.0 Å². The number of hydrogen-bond donors (Lipinski definition) is 2. The number of aromatic amines is 1. The van der Waals surface area contributed by atoms with E-state index in [9.17, 15) is 9.59 Å². The third-order valence-electron chi connectivity index (χ3n) is 4.24. The van der Waals surface area contributed by atoms with Crippen LogP contribution in [0.15, 0.2) is 59.7 Å². The standard InChI is InChI=1S/C19H17N5O2/c1-12(18-22-15-8-4-5-9-16(15)23-18)21-17(25)10-24-11-20-14-7-3-2-6-13(14)19(24)26/h2-9,11-12H,10H2,1H3,(H,21,25)(H,22,23)/t12-/m0/s1. The summed E-state index contributed by atoms with van der Waals surface area (Å²) in [6.07, 6.45) is 1.40. The van der Waals surface area contributed by atoms with Gasteiger partial charge in [-0.3, -0.25) is 14.2 Å². The first kappa shape index (κ1) is 16.0. The molecule has 2 aromatic carbocycles. The highest BCUT2D eigenvalue weighted by molar-refractivity contribution is 5.79. The van der Waals surface area contributed by atoms with E-state index in [0.29, 0.717) is 16.7 Å². The van der Waals surface area contributed by atoms with Gasteiger partial charge in [0.1, 0.15) is 12.4 Å². The van der Waals surface area contributed by atoms with E-state index in [1.807, 2.05) is 37.3 Å². The molecule has 0 unspecified atom stereocenters. The predicted octanol–water partition coefficient (Wildman–Crippen LogP) is 2.15. The summed E-state index contributed by atoms with van der Waals surface area (Å²) in [4.78, 5) is 36.7. The van der Waals surface area contributed by atoms with Crippen LogP contribution in [0.2, 0.25) is 0 Å². The summed E-state index contributed by atoms with van der Waals surface area (Å²) in [5.41, 5.74) is 2.14. The van der Waals surface area contributed by atoms with Gasteiger partial charge in [0.15, 0.2) is 0 Å². The van der Waals surface area contributed by atoms with Crippen molar-refractivity contribution in [1.82, 2.24) is 24.8 Å². The van der Waals surface area contributed by atoms with Crippen molar-refractivity contribution >= 4 is 27.8 Å². The Bertz CT molecular complexity index is 1130. The molecule has 0 bridgehead atoms. The highest BCUT2D eigenvalue weighted by atomic mass is 16.2. The van der Waals surface area contributed by atoms with Crippen molar-refractivity contribution in [1.29, 1.82) is 0 Å². The van der Waals surface area contributed by atoms with Crippen LogP contribution in [0.25, 0.3) is 21.9 Å². The van der Waals surface area contributed by atoms with Gasteiger partial charge in [0.25, 0.3) is 5.56 Å². The van der Waals surface area contributed by atoms with E-state index >= 15 is 0 Å². The second kappa shape index (κ2) is 6.44. The zero-order chi connectivity index (χ0) is 18.1. The molecule has 130 valence electrons. The molecular formula is C19H17N5O2. The molecule has 4 rings (SSSR count). The highest BCUT2D eigenvalue weighted by Crippen LogP contribution is 2.15. The Morgan fingerprint density at radius 3 is 2.69 bits per heavy atom. The molecule has 2 heterocycles. The number of carbonyl (C=O) groups excluding carboxylic acids is 1. The molecule has 26 heavy (non-hydrogen) atoms. The maximum Gasteiger partial charge on any atom is 0.261 e. The average molecular weight is 347 g/mol. The maximum absolute atomic E-state index is 12.5. The first-order valence-corrected chi connectivity index (χ1v) is 8.30. The fourth-order valence-corrected chi connectivity index (χ4v) is 2.91. The minimum Gasteiger partial charge on any atom is -0.345 e. The van der Waals surface area contributed by atoms with Crippen molar-refractivity contribution in [2.75, 3.05) is 0 Å². The molecule has 0 aliphatic carbocycles. The number of imidazole rings is 1. The molecule has 4 aromatic rings. The summed E-state index contributed by atoms with van der Waals surface area (Å²) in [5.74, 6) is 0.390. The van der Waals surface area contributed by atoms with Crippen molar-refractivity contribution < 1.29 is 4.79 Å². The Labute approximate surface area is 148 Å². The van der Waals surface area contributed by atoms with Gasteiger partial charge in [-0.1, -0.05) is 24.3 Å². The van der Waals surface area contributed by atoms with E-state index in [-0.39, 0.29) is 24.1 Å². The van der Waals surface area contributed by atoms with Crippen LogP contribution >= 0.6 is 0 Å². The molecule has 0 aliphatic heterocycles. The summed E-state index contributed by atoms with van der Waals surface area (Å²) in [5, 5.41) is 3.35. The van der Waals surface area contributed by atoms with Gasteiger partial charge in [-0.25, -0.2) is 9.97 Å². The normalized spacial score (nSPS) is 12.3. The van der Waals surface area contributed by atoms with Crippen LogP contribution in [0, 0.1) is 0 Å². The summed E-state index contributed by atoms with van der Waals surface area (Å²) < 4.78 is 1.31. The van der Waals surface area contributed by atoms with Crippen molar-refractivity contribution in [2.45, 2.75) is 19.5 Å². The molecule has 0 saturated heterocycles. The number of para-hydroxylation sites is 3. The summed E-state index contributed by atoms with van der Waals surface area (Å²) >= 11 is 0. The molecule has 1 amide bonds. The molecule has 0 saturated carbocycles. The van der Waals surface area contributed by atoms with Crippen LogP contribution in [0.1, 0.15) is 18.8 Å². The number of carbonyl (C=O) groups is 1. The average Bonchev–Trinajstić information content (AvgIpc) is 3.09. The van der Waals surface area contributed by atoms with E-state index in [1.165, 1.54) is 10.9 Å². The summed E-state index contributed by atoms with van der Waals surface area (Å²) in [6.45, 7) is 1.75. The molecule has 0 spiro atoms. The maximum atomic E-state index is 12.5. The first-order valence-electron chi connectivity index (χ1n) is 8.30. The number of benzene rings is 2. The lowest BCUT2D eigenvalue weighted by Gasteiger charge is -2.12. The van der Waals surface area contributed by atoms with Crippen LogP contribution in [0.4, 0.5) is 0 Å². The van der Waals surface area contributed by atoms with Crippen molar-refractivity contribution in [3.8, 4) is 0 Å². The lowest BCUT2D eigenvalue weighted by Crippen LogP contribution is -2.34. The lowest BCUT2D eigenvalue weighted by molar-refractivity contribution is -0.122. The summed E-state index contributed by atoms with van der Waals surface area (Å²) in [7, 11) is 0. The Morgan fingerprint density at radius 1 is 1.15 bits per heavy atom. The second-order valence-corrected chi connectivity index (χ2v) is 6.12. The van der Waals surface area contributed by atoms with Gasteiger partial charge in [-0.2, -0.15) is 0 Å². The molecule has 0 aliphatic rings. The lowest BCUT2D eigenvalue weighted by atomic mass is 10.2.